The number of ether oxygens (including phenoxy) is 1. The molecule has 0 aromatic rings. The van der Waals surface area contributed by atoms with E-state index >= 15 is 0 Å². The molecule has 1 heterocycles. The molecule has 2 amide bonds. The van der Waals surface area contributed by atoms with Crippen molar-refractivity contribution in [3.63, 3.8) is 0 Å². The Labute approximate surface area is 107 Å². The van der Waals surface area contributed by atoms with Crippen LogP contribution in [0.3, 0.4) is 0 Å². The summed E-state index contributed by atoms with van der Waals surface area (Å²) in [5.41, 5.74) is 5.42. The van der Waals surface area contributed by atoms with Gasteiger partial charge in [-0.2, -0.15) is 0 Å². The van der Waals surface area contributed by atoms with E-state index in [0.717, 1.165) is 25.9 Å². The Morgan fingerprint density at radius 1 is 1.44 bits per heavy atom. The number of rotatable bonds is 6. The molecule has 0 saturated carbocycles. The predicted octanol–water partition coefficient (Wildman–Crippen LogP) is 0.287. The second-order valence-corrected chi connectivity index (χ2v) is 4.30. The second kappa shape index (κ2) is 7.75. The predicted molar refractivity (Wildman–Crippen MR) is 67.7 cm³/mol. The van der Waals surface area contributed by atoms with Crippen LogP contribution in [0.1, 0.15) is 19.3 Å². The van der Waals surface area contributed by atoms with Crippen LogP contribution < -0.4 is 5.73 Å². The minimum Gasteiger partial charge on any atom is -0.409 e. The third-order valence-electron chi connectivity index (χ3n) is 2.98. The van der Waals surface area contributed by atoms with Crippen molar-refractivity contribution in [1.82, 2.24) is 9.80 Å². The minimum absolute atomic E-state index is 0.00953. The van der Waals surface area contributed by atoms with Crippen LogP contribution in [0.5, 0.6) is 0 Å². The number of likely N-dealkylation sites (tertiary alicyclic amines) is 1. The standard InChI is InChI=1S/C11H22N4O3/c1-18-9-8-15(7-4-10(12)13-17)11(16)14-5-2-3-6-14/h17H,2-9H2,1H3,(H2,12,13). The first-order valence-electron chi connectivity index (χ1n) is 6.18. The van der Waals surface area contributed by atoms with Crippen molar-refractivity contribution in [3.05, 3.63) is 0 Å². The van der Waals surface area contributed by atoms with Crippen molar-refractivity contribution in [2.75, 3.05) is 39.9 Å². The molecular weight excluding hydrogens is 236 g/mol. The van der Waals surface area contributed by atoms with Gasteiger partial charge in [0.1, 0.15) is 5.84 Å². The third-order valence-corrected chi connectivity index (χ3v) is 2.98. The molecule has 1 saturated heterocycles. The number of carbonyl (C=O) groups excluding carboxylic acids is 1. The molecule has 0 aromatic carbocycles. The average Bonchev–Trinajstić information content (AvgIpc) is 2.91. The highest BCUT2D eigenvalue weighted by molar-refractivity contribution is 5.81. The Morgan fingerprint density at radius 2 is 2.11 bits per heavy atom. The van der Waals surface area contributed by atoms with Gasteiger partial charge < -0.3 is 25.5 Å². The summed E-state index contributed by atoms with van der Waals surface area (Å²) in [5, 5.41) is 11.4. The Kier molecular flexibility index (Phi) is 6.27. The van der Waals surface area contributed by atoms with Gasteiger partial charge in [-0.05, 0) is 12.8 Å². The molecule has 0 atom stereocenters. The van der Waals surface area contributed by atoms with E-state index in [0.29, 0.717) is 26.1 Å². The van der Waals surface area contributed by atoms with Crippen molar-refractivity contribution in [2.45, 2.75) is 19.3 Å². The third kappa shape index (κ3) is 4.40. The molecule has 1 rings (SSSR count). The van der Waals surface area contributed by atoms with Crippen LogP contribution in [0.15, 0.2) is 5.16 Å². The summed E-state index contributed by atoms with van der Waals surface area (Å²) >= 11 is 0. The molecule has 18 heavy (non-hydrogen) atoms. The van der Waals surface area contributed by atoms with Gasteiger partial charge in [0.25, 0.3) is 0 Å². The Balaban J connectivity index is 2.50. The van der Waals surface area contributed by atoms with E-state index in [1.54, 1.807) is 12.0 Å². The summed E-state index contributed by atoms with van der Waals surface area (Å²) in [6.45, 7) is 3.06. The number of carbonyl (C=O) groups is 1. The molecule has 0 spiro atoms. The van der Waals surface area contributed by atoms with Crippen molar-refractivity contribution < 1.29 is 14.7 Å². The van der Waals surface area contributed by atoms with E-state index in [9.17, 15) is 4.79 Å². The molecular formula is C11H22N4O3. The molecule has 1 aliphatic heterocycles. The lowest BCUT2D eigenvalue weighted by Gasteiger charge is -2.27. The maximum Gasteiger partial charge on any atom is 0.320 e. The second-order valence-electron chi connectivity index (χ2n) is 4.30. The van der Waals surface area contributed by atoms with E-state index in [1.807, 2.05) is 4.90 Å². The van der Waals surface area contributed by atoms with Gasteiger partial charge in [-0.15, -0.1) is 0 Å². The quantitative estimate of drug-likeness (QED) is 0.310. The normalized spacial score (nSPS) is 16.1. The van der Waals surface area contributed by atoms with E-state index in [4.69, 9.17) is 15.7 Å². The van der Waals surface area contributed by atoms with Gasteiger partial charge in [-0.25, -0.2) is 4.79 Å². The van der Waals surface area contributed by atoms with Crippen LogP contribution in [0.25, 0.3) is 0 Å². The van der Waals surface area contributed by atoms with Crippen LogP contribution in [0.4, 0.5) is 4.79 Å². The number of oxime groups is 1. The van der Waals surface area contributed by atoms with Gasteiger partial charge >= 0.3 is 6.03 Å². The molecule has 0 radical (unpaired) electrons. The summed E-state index contributed by atoms with van der Waals surface area (Å²) in [6, 6.07) is 0.00953. The lowest BCUT2D eigenvalue weighted by atomic mass is 10.3. The Hall–Kier alpha value is -1.50. The first kappa shape index (κ1) is 14.6. The number of nitrogens with two attached hydrogens (primary N) is 1. The van der Waals surface area contributed by atoms with E-state index < -0.39 is 0 Å². The molecule has 0 bridgehead atoms. The first-order valence-corrected chi connectivity index (χ1v) is 6.18. The van der Waals surface area contributed by atoms with Gasteiger partial charge in [-0.3, -0.25) is 0 Å². The zero-order valence-corrected chi connectivity index (χ0v) is 10.8. The largest absolute Gasteiger partial charge is 0.409 e. The van der Waals surface area contributed by atoms with Crippen LogP contribution in [-0.4, -0.2) is 66.8 Å². The number of hydrogen-bond donors (Lipinski definition) is 2. The zero-order chi connectivity index (χ0) is 13.4. The van der Waals surface area contributed by atoms with Gasteiger partial charge in [0.2, 0.25) is 0 Å². The minimum atomic E-state index is 0.00953. The lowest BCUT2D eigenvalue weighted by molar-refractivity contribution is 0.131. The summed E-state index contributed by atoms with van der Waals surface area (Å²) in [7, 11) is 1.60. The Morgan fingerprint density at radius 3 is 2.67 bits per heavy atom. The van der Waals surface area contributed by atoms with Gasteiger partial charge in [0, 0.05) is 39.7 Å². The SMILES string of the molecule is COCCN(CCC(N)=NO)C(=O)N1CCCC1. The van der Waals surface area contributed by atoms with Crippen LogP contribution in [0, 0.1) is 0 Å². The summed E-state index contributed by atoms with van der Waals surface area (Å²) in [5.74, 6) is 0.131. The smallest absolute Gasteiger partial charge is 0.320 e. The van der Waals surface area contributed by atoms with Crippen molar-refractivity contribution in [2.24, 2.45) is 10.9 Å². The van der Waals surface area contributed by atoms with Crippen molar-refractivity contribution in [3.8, 4) is 0 Å². The molecule has 3 N–H and O–H groups in total. The molecule has 7 heteroatoms. The highest BCUT2D eigenvalue weighted by Crippen LogP contribution is 2.10. The molecule has 0 aliphatic carbocycles. The molecule has 1 aliphatic rings. The number of amides is 2. The summed E-state index contributed by atoms with van der Waals surface area (Å²) in [6.07, 6.45) is 2.48. The molecule has 104 valence electrons. The van der Waals surface area contributed by atoms with E-state index in [2.05, 4.69) is 5.16 Å². The van der Waals surface area contributed by atoms with Crippen LogP contribution in [-0.2, 0) is 4.74 Å². The molecule has 0 aromatic heterocycles. The van der Waals surface area contributed by atoms with Crippen molar-refractivity contribution in [1.29, 1.82) is 0 Å². The maximum atomic E-state index is 12.2. The van der Waals surface area contributed by atoms with Crippen LogP contribution in [0.2, 0.25) is 0 Å². The number of methoxy groups -OCH3 is 1. The molecule has 1 fully saturated rings. The zero-order valence-electron chi connectivity index (χ0n) is 10.8. The van der Waals surface area contributed by atoms with Gasteiger partial charge in [-0.1, -0.05) is 5.16 Å². The maximum absolute atomic E-state index is 12.2. The monoisotopic (exact) mass is 258 g/mol. The summed E-state index contributed by atoms with van der Waals surface area (Å²) in [4.78, 5) is 15.7. The van der Waals surface area contributed by atoms with Crippen LogP contribution >= 0.6 is 0 Å². The fourth-order valence-electron chi connectivity index (χ4n) is 1.91. The first-order chi connectivity index (χ1) is 8.69. The van der Waals surface area contributed by atoms with Crippen molar-refractivity contribution >= 4 is 11.9 Å². The number of urea groups is 1. The lowest BCUT2D eigenvalue weighted by Crippen LogP contribution is -2.44. The molecule has 0 unspecified atom stereocenters. The van der Waals surface area contributed by atoms with Gasteiger partial charge in [0.15, 0.2) is 0 Å². The number of hydrogen-bond acceptors (Lipinski definition) is 4. The van der Waals surface area contributed by atoms with E-state index in [1.165, 1.54) is 0 Å². The fraction of sp³-hybridized carbons (Fsp3) is 0.818. The van der Waals surface area contributed by atoms with E-state index in [-0.39, 0.29) is 11.9 Å². The Bertz CT molecular complexity index is 290. The van der Waals surface area contributed by atoms with Gasteiger partial charge in [0.05, 0.1) is 6.61 Å². The topological polar surface area (TPSA) is 91.4 Å². The highest BCUT2D eigenvalue weighted by atomic mass is 16.5. The fourth-order valence-corrected chi connectivity index (χ4v) is 1.91. The number of amidine groups is 1. The average molecular weight is 258 g/mol. The summed E-state index contributed by atoms with van der Waals surface area (Å²) < 4.78 is 4.99. The molecule has 7 nitrogen and oxygen atoms in total. The highest BCUT2D eigenvalue weighted by Gasteiger charge is 2.23. The number of nitrogens with zero attached hydrogens (tertiary/aromatic N) is 3.